The van der Waals surface area contributed by atoms with Crippen LogP contribution in [-0.2, 0) is 7.05 Å². The molecule has 0 aliphatic heterocycles. The van der Waals surface area contributed by atoms with Crippen LogP contribution in [-0.4, -0.2) is 21.9 Å². The molecule has 0 atom stereocenters. The van der Waals surface area contributed by atoms with Crippen LogP contribution in [0.4, 0.5) is 5.82 Å². The van der Waals surface area contributed by atoms with Crippen molar-refractivity contribution in [1.82, 2.24) is 14.8 Å². The summed E-state index contributed by atoms with van der Waals surface area (Å²) in [6, 6.07) is 6.00. The number of nitrogens with zero attached hydrogens (tertiary/aromatic N) is 2. The number of nitrogens with two attached hydrogens (primary N) is 1. The molecule has 0 amide bonds. The number of anilines is 1. The fourth-order valence-electron chi connectivity index (χ4n) is 2.32. The van der Waals surface area contributed by atoms with E-state index in [0.717, 1.165) is 33.5 Å². The molecule has 1 aromatic carbocycles. The minimum Gasteiger partial charge on any atom is -0.495 e. The summed E-state index contributed by atoms with van der Waals surface area (Å²) in [6.45, 7) is 2.05. The van der Waals surface area contributed by atoms with Gasteiger partial charge in [0.25, 0.3) is 0 Å². The maximum Gasteiger partial charge on any atom is 0.143 e. The predicted octanol–water partition coefficient (Wildman–Crippen LogP) is 2.47. The number of aromatic nitrogens is 3. The number of aromatic amines is 1. The number of aryl methyl sites for hydroxylation is 2. The molecule has 19 heavy (non-hydrogen) atoms. The molecule has 98 valence electrons. The van der Waals surface area contributed by atoms with Crippen molar-refractivity contribution in [1.29, 1.82) is 0 Å². The van der Waals surface area contributed by atoms with Crippen molar-refractivity contribution in [3.05, 3.63) is 30.0 Å². The highest BCUT2D eigenvalue weighted by atomic mass is 16.5. The summed E-state index contributed by atoms with van der Waals surface area (Å²) in [6.07, 6.45) is 1.94. The Labute approximate surface area is 111 Å². The molecule has 0 radical (unpaired) electrons. The van der Waals surface area contributed by atoms with Crippen LogP contribution in [0, 0.1) is 6.92 Å². The molecular weight excluding hydrogens is 240 g/mol. The minimum atomic E-state index is 0.643. The Bertz CT molecular complexity index is 735. The molecule has 0 saturated heterocycles. The summed E-state index contributed by atoms with van der Waals surface area (Å²) in [7, 11) is 3.51. The van der Waals surface area contributed by atoms with Crippen LogP contribution in [0.1, 0.15) is 5.56 Å². The normalized spacial score (nSPS) is 11.1. The molecule has 0 saturated carbocycles. The highest BCUT2D eigenvalue weighted by molar-refractivity contribution is 5.98. The second-order valence-electron chi connectivity index (χ2n) is 4.67. The molecule has 5 nitrogen and oxygen atoms in total. The largest absolute Gasteiger partial charge is 0.495 e. The van der Waals surface area contributed by atoms with E-state index >= 15 is 0 Å². The predicted molar refractivity (Wildman–Crippen MR) is 76.2 cm³/mol. The number of fused-ring (bicyclic) bond motifs is 1. The number of ether oxygens (including phenoxy) is 1. The van der Waals surface area contributed by atoms with Gasteiger partial charge in [-0.15, -0.1) is 0 Å². The minimum absolute atomic E-state index is 0.643. The van der Waals surface area contributed by atoms with E-state index in [-0.39, 0.29) is 0 Å². The lowest BCUT2D eigenvalue weighted by Gasteiger charge is -2.04. The molecule has 0 spiro atoms. The maximum absolute atomic E-state index is 5.84. The second-order valence-corrected chi connectivity index (χ2v) is 4.67. The van der Waals surface area contributed by atoms with E-state index in [1.54, 1.807) is 11.8 Å². The molecule has 0 aliphatic rings. The quantitative estimate of drug-likeness (QED) is 0.740. The lowest BCUT2D eigenvalue weighted by molar-refractivity contribution is 0.418. The molecule has 5 heteroatoms. The molecule has 0 bridgehead atoms. The van der Waals surface area contributed by atoms with Crippen molar-refractivity contribution in [2.24, 2.45) is 7.05 Å². The Kier molecular flexibility index (Phi) is 2.48. The summed E-state index contributed by atoms with van der Waals surface area (Å²) >= 11 is 0. The van der Waals surface area contributed by atoms with Crippen molar-refractivity contribution in [3.63, 3.8) is 0 Å². The monoisotopic (exact) mass is 256 g/mol. The molecule has 3 aromatic rings. The first-order valence-electron chi connectivity index (χ1n) is 6.05. The highest BCUT2D eigenvalue weighted by Gasteiger charge is 2.13. The topological polar surface area (TPSA) is 68.9 Å². The summed E-state index contributed by atoms with van der Waals surface area (Å²) in [5.41, 5.74) is 9.86. The molecule has 2 heterocycles. The smallest absolute Gasteiger partial charge is 0.143 e. The highest BCUT2D eigenvalue weighted by Crippen LogP contribution is 2.34. The van der Waals surface area contributed by atoms with Gasteiger partial charge >= 0.3 is 0 Å². The average molecular weight is 256 g/mol. The Morgan fingerprint density at radius 2 is 2.11 bits per heavy atom. The fourth-order valence-corrected chi connectivity index (χ4v) is 2.32. The standard InChI is InChI=1S/C14H16N4O/c1-8-4-9-10(11-6-13(15)18(2)17-11)7-16-14(9)12(5-8)19-3/h4-7,16H,15H2,1-3H3. The first-order valence-corrected chi connectivity index (χ1v) is 6.05. The van der Waals surface area contributed by atoms with Gasteiger partial charge in [-0.25, -0.2) is 0 Å². The van der Waals surface area contributed by atoms with E-state index in [2.05, 4.69) is 16.1 Å². The van der Waals surface area contributed by atoms with E-state index in [9.17, 15) is 0 Å². The zero-order valence-electron chi connectivity index (χ0n) is 11.2. The van der Waals surface area contributed by atoms with Gasteiger partial charge in [-0.2, -0.15) is 5.10 Å². The van der Waals surface area contributed by atoms with Gasteiger partial charge in [0.15, 0.2) is 0 Å². The molecular formula is C14H16N4O. The third kappa shape index (κ3) is 1.74. The van der Waals surface area contributed by atoms with Gasteiger partial charge in [-0.1, -0.05) is 0 Å². The van der Waals surface area contributed by atoms with Crippen LogP contribution in [0.5, 0.6) is 5.75 Å². The van der Waals surface area contributed by atoms with Gasteiger partial charge in [-0.05, 0) is 24.6 Å². The molecule has 3 rings (SSSR count). The van der Waals surface area contributed by atoms with Crippen LogP contribution >= 0.6 is 0 Å². The van der Waals surface area contributed by atoms with Crippen LogP contribution in [0.3, 0.4) is 0 Å². The van der Waals surface area contributed by atoms with Crippen molar-refractivity contribution >= 4 is 16.7 Å². The van der Waals surface area contributed by atoms with E-state index < -0.39 is 0 Å². The number of methoxy groups -OCH3 is 1. The maximum atomic E-state index is 5.84. The Hall–Kier alpha value is -2.43. The fraction of sp³-hybridized carbons (Fsp3) is 0.214. The van der Waals surface area contributed by atoms with Crippen LogP contribution < -0.4 is 10.5 Å². The van der Waals surface area contributed by atoms with Crippen LogP contribution in [0.15, 0.2) is 24.4 Å². The number of hydrogen-bond acceptors (Lipinski definition) is 3. The second kappa shape index (κ2) is 4.05. The van der Waals surface area contributed by atoms with E-state index in [0.29, 0.717) is 5.82 Å². The van der Waals surface area contributed by atoms with E-state index in [1.807, 2.05) is 32.3 Å². The summed E-state index contributed by atoms with van der Waals surface area (Å²) in [4.78, 5) is 3.25. The number of nitrogen functional groups attached to an aromatic ring is 1. The molecule has 2 aromatic heterocycles. The zero-order chi connectivity index (χ0) is 13.6. The van der Waals surface area contributed by atoms with Crippen molar-refractivity contribution in [2.75, 3.05) is 12.8 Å². The van der Waals surface area contributed by atoms with Gasteiger partial charge in [0.05, 0.1) is 18.3 Å². The van der Waals surface area contributed by atoms with Crippen LogP contribution in [0.25, 0.3) is 22.2 Å². The lowest BCUT2D eigenvalue weighted by atomic mass is 10.1. The summed E-state index contributed by atoms with van der Waals surface area (Å²) < 4.78 is 7.07. The molecule has 3 N–H and O–H groups in total. The number of benzene rings is 1. The molecule has 0 aliphatic carbocycles. The Morgan fingerprint density at radius 1 is 1.32 bits per heavy atom. The van der Waals surface area contributed by atoms with Crippen molar-refractivity contribution in [3.8, 4) is 17.0 Å². The van der Waals surface area contributed by atoms with Crippen molar-refractivity contribution < 1.29 is 4.74 Å². The first-order chi connectivity index (χ1) is 9.10. The molecule has 0 unspecified atom stereocenters. The first kappa shape index (κ1) is 11.6. The number of rotatable bonds is 2. The van der Waals surface area contributed by atoms with Gasteiger partial charge in [0.1, 0.15) is 11.6 Å². The van der Waals surface area contributed by atoms with Crippen molar-refractivity contribution in [2.45, 2.75) is 6.92 Å². The van der Waals surface area contributed by atoms with E-state index in [4.69, 9.17) is 10.5 Å². The van der Waals surface area contributed by atoms with Gasteiger partial charge in [-0.3, -0.25) is 4.68 Å². The Balaban J connectivity index is 2.28. The average Bonchev–Trinajstić information content (AvgIpc) is 2.93. The van der Waals surface area contributed by atoms with E-state index in [1.165, 1.54) is 0 Å². The third-order valence-electron chi connectivity index (χ3n) is 3.31. The lowest BCUT2D eigenvalue weighted by Crippen LogP contribution is -1.96. The SMILES string of the molecule is COc1cc(C)cc2c(-c3cc(N)n(C)n3)c[nH]c12. The molecule has 0 fully saturated rings. The van der Waals surface area contributed by atoms with Crippen LogP contribution in [0.2, 0.25) is 0 Å². The summed E-state index contributed by atoms with van der Waals surface area (Å²) in [5.74, 6) is 1.48. The number of hydrogen-bond donors (Lipinski definition) is 2. The third-order valence-corrected chi connectivity index (χ3v) is 3.31. The number of H-pyrrole nitrogens is 1. The van der Waals surface area contributed by atoms with Gasteiger partial charge in [0, 0.05) is 30.3 Å². The summed E-state index contributed by atoms with van der Waals surface area (Å²) in [5, 5.41) is 5.51. The number of nitrogens with one attached hydrogen (secondary N) is 1. The Morgan fingerprint density at radius 3 is 2.74 bits per heavy atom. The van der Waals surface area contributed by atoms with Gasteiger partial charge < -0.3 is 15.5 Å². The van der Waals surface area contributed by atoms with Gasteiger partial charge in [0.2, 0.25) is 0 Å². The zero-order valence-corrected chi connectivity index (χ0v) is 11.2.